The number of carbonyl (C=O) groups excluding carboxylic acids is 2. The number of benzene rings is 2. The number of amides is 2. The van der Waals surface area contributed by atoms with Gasteiger partial charge in [0.05, 0.1) is 18.2 Å². The van der Waals surface area contributed by atoms with Crippen molar-refractivity contribution in [3.63, 3.8) is 0 Å². The van der Waals surface area contributed by atoms with E-state index in [9.17, 15) is 24.8 Å². The summed E-state index contributed by atoms with van der Waals surface area (Å²) in [5.41, 5.74) is 2.65. The fourth-order valence-corrected chi connectivity index (χ4v) is 1.85. The van der Waals surface area contributed by atoms with Crippen molar-refractivity contribution in [1.29, 1.82) is 0 Å². The highest BCUT2D eigenvalue weighted by atomic mass is 16.6. The molecule has 2 rings (SSSR count). The maximum Gasteiger partial charge on any atom is 0.329 e. The molecule has 0 fully saturated rings. The van der Waals surface area contributed by atoms with Crippen LogP contribution in [0.5, 0.6) is 11.5 Å². The van der Waals surface area contributed by atoms with Gasteiger partial charge in [-0.1, -0.05) is 0 Å². The van der Waals surface area contributed by atoms with Crippen molar-refractivity contribution in [2.75, 3.05) is 12.4 Å². The van der Waals surface area contributed by atoms with Gasteiger partial charge in [-0.25, -0.2) is 5.43 Å². The minimum atomic E-state index is -1.02. The van der Waals surface area contributed by atoms with Crippen LogP contribution in [0.3, 0.4) is 0 Å². The van der Waals surface area contributed by atoms with E-state index in [2.05, 4.69) is 10.4 Å². The number of nitro benzene ring substituents is 1. The molecule has 10 nitrogen and oxygen atoms in total. The zero-order valence-corrected chi connectivity index (χ0v) is 13.5. The Bertz CT molecular complexity index is 864. The lowest BCUT2D eigenvalue weighted by molar-refractivity contribution is -0.384. The molecule has 0 aliphatic carbocycles. The molecular weight excluding hydrogens is 344 g/mol. The van der Waals surface area contributed by atoms with E-state index >= 15 is 0 Å². The molecule has 0 bridgehead atoms. The summed E-state index contributed by atoms with van der Waals surface area (Å²) in [6, 6.07) is 9.41. The van der Waals surface area contributed by atoms with Gasteiger partial charge in [-0.2, -0.15) is 5.10 Å². The van der Waals surface area contributed by atoms with Crippen LogP contribution in [0, 0.1) is 10.1 Å². The van der Waals surface area contributed by atoms with Crippen LogP contribution in [0.1, 0.15) is 5.56 Å². The van der Waals surface area contributed by atoms with Crippen LogP contribution in [0.4, 0.5) is 11.4 Å². The molecule has 0 aliphatic heterocycles. The first-order chi connectivity index (χ1) is 12.4. The third-order valence-electron chi connectivity index (χ3n) is 3.13. The summed E-state index contributed by atoms with van der Waals surface area (Å²) >= 11 is 0. The van der Waals surface area contributed by atoms with Crippen LogP contribution in [0.2, 0.25) is 0 Å². The molecule has 0 aromatic heterocycles. The third-order valence-corrected chi connectivity index (χ3v) is 3.13. The Balaban J connectivity index is 1.92. The van der Waals surface area contributed by atoms with Crippen molar-refractivity contribution < 1.29 is 24.4 Å². The van der Waals surface area contributed by atoms with Crippen molar-refractivity contribution in [1.82, 2.24) is 5.43 Å². The zero-order chi connectivity index (χ0) is 19.1. The van der Waals surface area contributed by atoms with Gasteiger partial charge in [-0.15, -0.1) is 0 Å². The minimum absolute atomic E-state index is 0.0452. The Labute approximate surface area is 147 Å². The molecule has 3 N–H and O–H groups in total. The van der Waals surface area contributed by atoms with Gasteiger partial charge < -0.3 is 15.2 Å². The predicted octanol–water partition coefficient (Wildman–Crippen LogP) is 1.40. The number of aromatic hydroxyl groups is 1. The van der Waals surface area contributed by atoms with E-state index in [0.717, 1.165) is 0 Å². The van der Waals surface area contributed by atoms with E-state index in [0.29, 0.717) is 5.56 Å². The number of hydrogen-bond donors (Lipinski definition) is 3. The Morgan fingerprint density at radius 3 is 2.50 bits per heavy atom. The number of nitro groups is 1. The summed E-state index contributed by atoms with van der Waals surface area (Å²) in [5, 5.41) is 25.9. The molecule has 2 amide bonds. The number of nitrogens with zero attached hydrogens (tertiary/aromatic N) is 2. The lowest BCUT2D eigenvalue weighted by Crippen LogP contribution is -2.32. The first-order valence-electron chi connectivity index (χ1n) is 7.16. The van der Waals surface area contributed by atoms with Crippen LogP contribution in [0.15, 0.2) is 47.6 Å². The summed E-state index contributed by atoms with van der Waals surface area (Å²) in [7, 11) is 1.39. The molecule has 0 saturated heterocycles. The summed E-state index contributed by atoms with van der Waals surface area (Å²) in [6.45, 7) is 0. The normalized spacial score (nSPS) is 10.3. The van der Waals surface area contributed by atoms with Gasteiger partial charge in [-0.05, 0) is 35.9 Å². The van der Waals surface area contributed by atoms with Crippen LogP contribution in [-0.2, 0) is 9.59 Å². The van der Waals surface area contributed by atoms with E-state index in [1.807, 2.05) is 5.43 Å². The topological polar surface area (TPSA) is 143 Å². The summed E-state index contributed by atoms with van der Waals surface area (Å²) < 4.78 is 4.94. The smallest absolute Gasteiger partial charge is 0.329 e. The predicted molar refractivity (Wildman–Crippen MR) is 92.1 cm³/mol. The second-order valence-corrected chi connectivity index (χ2v) is 4.89. The molecular formula is C16H14N4O6. The zero-order valence-electron chi connectivity index (χ0n) is 13.5. The molecule has 0 aliphatic rings. The molecule has 10 heteroatoms. The van der Waals surface area contributed by atoms with Crippen LogP contribution < -0.4 is 15.5 Å². The lowest BCUT2D eigenvalue weighted by atomic mass is 10.2. The van der Waals surface area contributed by atoms with Gasteiger partial charge in [0.15, 0.2) is 11.5 Å². The third kappa shape index (κ3) is 4.77. The molecule has 0 unspecified atom stereocenters. The number of hydrogen-bond acceptors (Lipinski definition) is 7. The molecule has 2 aromatic carbocycles. The average Bonchev–Trinajstić information content (AvgIpc) is 2.63. The number of methoxy groups -OCH3 is 1. The van der Waals surface area contributed by atoms with Crippen molar-refractivity contribution >= 4 is 29.4 Å². The van der Waals surface area contributed by atoms with E-state index < -0.39 is 16.7 Å². The molecule has 0 heterocycles. The number of nitrogens with one attached hydrogen (secondary N) is 2. The molecule has 2 aromatic rings. The minimum Gasteiger partial charge on any atom is -0.504 e. The van der Waals surface area contributed by atoms with Gasteiger partial charge in [0.1, 0.15) is 0 Å². The largest absolute Gasteiger partial charge is 0.504 e. The number of phenols is 1. The summed E-state index contributed by atoms with van der Waals surface area (Å²) in [6.07, 6.45) is 1.26. The highest BCUT2D eigenvalue weighted by molar-refractivity contribution is 6.39. The first-order valence-corrected chi connectivity index (χ1v) is 7.16. The second-order valence-electron chi connectivity index (χ2n) is 4.89. The van der Waals surface area contributed by atoms with Crippen molar-refractivity contribution in [3.05, 3.63) is 58.1 Å². The maximum absolute atomic E-state index is 11.7. The van der Waals surface area contributed by atoms with Gasteiger partial charge in [0, 0.05) is 17.8 Å². The molecule has 26 heavy (non-hydrogen) atoms. The number of non-ortho nitro benzene ring substituents is 1. The maximum atomic E-state index is 11.7. The monoisotopic (exact) mass is 358 g/mol. The van der Waals surface area contributed by atoms with Crippen LogP contribution >= 0.6 is 0 Å². The average molecular weight is 358 g/mol. The number of phenolic OH excluding ortho intramolecular Hbond substituents is 1. The van der Waals surface area contributed by atoms with E-state index in [-0.39, 0.29) is 22.9 Å². The van der Waals surface area contributed by atoms with Gasteiger partial charge in [0.2, 0.25) is 0 Å². The van der Waals surface area contributed by atoms with Crippen molar-refractivity contribution in [2.24, 2.45) is 5.10 Å². The van der Waals surface area contributed by atoms with Gasteiger partial charge in [0.25, 0.3) is 5.69 Å². The van der Waals surface area contributed by atoms with Crippen LogP contribution in [0.25, 0.3) is 0 Å². The van der Waals surface area contributed by atoms with Gasteiger partial charge >= 0.3 is 11.8 Å². The molecule has 0 spiro atoms. The molecule has 0 atom stereocenters. The summed E-state index contributed by atoms with van der Waals surface area (Å²) in [5.74, 6) is -1.82. The van der Waals surface area contributed by atoms with Crippen molar-refractivity contribution in [3.8, 4) is 11.5 Å². The number of anilines is 1. The number of hydrazone groups is 1. The second kappa shape index (κ2) is 8.24. The first kappa shape index (κ1) is 18.4. The van der Waals surface area contributed by atoms with Crippen molar-refractivity contribution in [2.45, 2.75) is 0 Å². The Hall–Kier alpha value is -3.95. The highest BCUT2D eigenvalue weighted by Crippen LogP contribution is 2.25. The standard InChI is InChI=1S/C16H14N4O6/c1-26-14-8-10(2-7-13(14)21)9-17-19-16(23)15(22)18-11-3-5-12(6-4-11)20(24)25/h2-9,21H,1H3,(H,18,22)(H,19,23)/b17-9-. The fourth-order valence-electron chi connectivity index (χ4n) is 1.85. The fraction of sp³-hybridized carbons (Fsp3) is 0.0625. The van der Waals surface area contributed by atoms with E-state index in [1.165, 1.54) is 55.8 Å². The van der Waals surface area contributed by atoms with Gasteiger partial charge in [-0.3, -0.25) is 19.7 Å². The summed E-state index contributed by atoms with van der Waals surface area (Å²) in [4.78, 5) is 33.4. The number of rotatable bonds is 5. The Morgan fingerprint density at radius 1 is 1.19 bits per heavy atom. The number of ether oxygens (including phenoxy) is 1. The number of carbonyl (C=O) groups is 2. The molecule has 0 radical (unpaired) electrons. The Morgan fingerprint density at radius 2 is 1.88 bits per heavy atom. The van der Waals surface area contributed by atoms with Crippen LogP contribution in [-0.4, -0.2) is 35.2 Å². The Kier molecular flexibility index (Phi) is 5.83. The molecule has 0 saturated carbocycles. The lowest BCUT2D eigenvalue weighted by Gasteiger charge is -2.04. The van der Waals surface area contributed by atoms with E-state index in [4.69, 9.17) is 4.74 Å². The highest BCUT2D eigenvalue weighted by Gasteiger charge is 2.13. The SMILES string of the molecule is COc1cc(/C=N\NC(=O)C(=O)Nc2ccc([N+](=O)[O-])cc2)ccc1O. The van der Waals surface area contributed by atoms with E-state index in [1.54, 1.807) is 0 Å². The molecule has 134 valence electrons. The quantitative estimate of drug-likeness (QED) is 0.319.